The third kappa shape index (κ3) is 2.98. The van der Waals surface area contributed by atoms with E-state index in [0.29, 0.717) is 25.3 Å². The number of carbonyl (C=O) groups excluding carboxylic acids is 1. The molecule has 1 aliphatic carbocycles. The molecule has 1 amide bonds. The van der Waals surface area contributed by atoms with Gasteiger partial charge < -0.3 is 10.2 Å². The van der Waals surface area contributed by atoms with Gasteiger partial charge >= 0.3 is 0 Å². The first kappa shape index (κ1) is 16.8. The number of fused-ring (bicyclic) bond motifs is 1. The van der Waals surface area contributed by atoms with Crippen molar-refractivity contribution < 1.29 is 9.18 Å². The summed E-state index contributed by atoms with van der Waals surface area (Å²) in [5.41, 5.74) is 2.65. The van der Waals surface area contributed by atoms with Crippen molar-refractivity contribution in [1.82, 2.24) is 10.2 Å². The Morgan fingerprint density at radius 1 is 1.35 bits per heavy atom. The normalized spacial score (nSPS) is 21.6. The number of halogens is 1. The Morgan fingerprint density at radius 3 is 3.00 bits per heavy atom. The van der Waals surface area contributed by atoms with Crippen LogP contribution >= 0.6 is 0 Å². The van der Waals surface area contributed by atoms with Gasteiger partial charge in [-0.1, -0.05) is 12.7 Å². The van der Waals surface area contributed by atoms with Crippen LogP contribution in [-0.2, 0) is 4.79 Å². The fraction of sp³-hybridized carbons (Fsp3) is 0.333. The Morgan fingerprint density at radius 2 is 2.19 bits per heavy atom. The number of rotatable bonds is 3. The maximum Gasteiger partial charge on any atom is 0.245 e. The molecule has 1 fully saturated rings. The molecule has 134 valence electrons. The zero-order valence-electron chi connectivity index (χ0n) is 14.7. The van der Waals surface area contributed by atoms with Gasteiger partial charge in [-0.25, -0.2) is 4.39 Å². The van der Waals surface area contributed by atoms with Gasteiger partial charge in [0, 0.05) is 36.0 Å². The summed E-state index contributed by atoms with van der Waals surface area (Å²) in [5.74, 6) is 0.0171. The summed E-state index contributed by atoms with van der Waals surface area (Å²) in [4.78, 5) is 18.4. The fourth-order valence-corrected chi connectivity index (χ4v) is 3.96. The highest BCUT2D eigenvalue weighted by molar-refractivity contribution is 5.87. The number of benzene rings is 1. The molecule has 0 spiro atoms. The third-order valence-electron chi connectivity index (χ3n) is 5.28. The second-order valence-electron chi connectivity index (χ2n) is 6.89. The van der Waals surface area contributed by atoms with E-state index in [2.05, 4.69) is 23.0 Å². The summed E-state index contributed by atoms with van der Waals surface area (Å²) in [5, 5.41) is 5.09. The van der Waals surface area contributed by atoms with Crippen LogP contribution < -0.4 is 15.9 Å². The van der Waals surface area contributed by atoms with Crippen LogP contribution in [0.15, 0.2) is 47.8 Å². The van der Waals surface area contributed by atoms with Crippen molar-refractivity contribution >= 4 is 17.7 Å². The SMILES string of the molecule is C=CC(=O)N1CCC(c2cc(C3=CCCC=C3F)cc3c2=NCNC=3)C1. The van der Waals surface area contributed by atoms with E-state index in [0.717, 1.165) is 41.0 Å². The predicted molar refractivity (Wildman–Crippen MR) is 100 cm³/mol. The molecule has 0 bridgehead atoms. The summed E-state index contributed by atoms with van der Waals surface area (Å²) in [6.07, 6.45) is 9.42. The van der Waals surface area contributed by atoms with Crippen molar-refractivity contribution in [3.8, 4) is 0 Å². The summed E-state index contributed by atoms with van der Waals surface area (Å²) in [6.45, 7) is 5.49. The molecule has 0 aromatic heterocycles. The molecule has 5 heteroatoms. The maximum atomic E-state index is 14.4. The minimum absolute atomic E-state index is 0.0355. The second-order valence-corrected chi connectivity index (χ2v) is 6.89. The summed E-state index contributed by atoms with van der Waals surface area (Å²) in [6, 6.07) is 4.07. The van der Waals surface area contributed by atoms with E-state index in [1.807, 2.05) is 23.2 Å². The van der Waals surface area contributed by atoms with E-state index in [9.17, 15) is 9.18 Å². The fourth-order valence-electron chi connectivity index (χ4n) is 3.96. The number of hydrogen-bond donors (Lipinski definition) is 1. The second kappa shape index (κ2) is 6.90. The van der Waals surface area contributed by atoms with Crippen LogP contribution in [0.1, 0.15) is 36.3 Å². The lowest BCUT2D eigenvalue weighted by molar-refractivity contribution is -0.125. The molecule has 1 aromatic carbocycles. The molecule has 4 nitrogen and oxygen atoms in total. The van der Waals surface area contributed by atoms with E-state index < -0.39 is 0 Å². The number of amides is 1. The Balaban J connectivity index is 1.79. The Labute approximate surface area is 152 Å². The van der Waals surface area contributed by atoms with Gasteiger partial charge in [0.25, 0.3) is 0 Å². The highest BCUT2D eigenvalue weighted by Crippen LogP contribution is 2.31. The van der Waals surface area contributed by atoms with Gasteiger partial charge in [-0.15, -0.1) is 0 Å². The first-order valence-corrected chi connectivity index (χ1v) is 9.07. The van der Waals surface area contributed by atoms with Crippen LogP contribution in [0.25, 0.3) is 11.8 Å². The van der Waals surface area contributed by atoms with Gasteiger partial charge in [-0.3, -0.25) is 9.79 Å². The molecule has 0 radical (unpaired) electrons. The third-order valence-corrected chi connectivity index (χ3v) is 5.28. The van der Waals surface area contributed by atoms with Gasteiger partial charge in [-0.2, -0.15) is 0 Å². The number of hydrogen-bond acceptors (Lipinski definition) is 3. The maximum absolute atomic E-state index is 14.4. The molecule has 2 heterocycles. The lowest BCUT2D eigenvalue weighted by Gasteiger charge is -2.18. The van der Waals surface area contributed by atoms with Gasteiger partial charge in [0.15, 0.2) is 0 Å². The Hall–Kier alpha value is -2.69. The summed E-state index contributed by atoms with van der Waals surface area (Å²) >= 11 is 0. The molecule has 1 unspecified atom stereocenters. The molecule has 0 saturated carbocycles. The molecular formula is C21H22FN3O. The van der Waals surface area contributed by atoms with Crippen LogP contribution in [0.4, 0.5) is 4.39 Å². The van der Waals surface area contributed by atoms with Crippen molar-refractivity contribution in [2.24, 2.45) is 4.99 Å². The first-order chi connectivity index (χ1) is 12.7. The smallest absolute Gasteiger partial charge is 0.245 e. The first-order valence-electron chi connectivity index (χ1n) is 9.07. The topological polar surface area (TPSA) is 44.7 Å². The van der Waals surface area contributed by atoms with Crippen molar-refractivity contribution in [2.75, 3.05) is 19.8 Å². The van der Waals surface area contributed by atoms with Crippen LogP contribution in [0.3, 0.4) is 0 Å². The van der Waals surface area contributed by atoms with Gasteiger partial charge in [-0.05, 0) is 54.7 Å². The van der Waals surface area contributed by atoms with E-state index in [-0.39, 0.29) is 17.7 Å². The Bertz CT molecular complexity index is 945. The van der Waals surface area contributed by atoms with Crippen molar-refractivity contribution in [1.29, 1.82) is 0 Å². The minimum Gasteiger partial charge on any atom is -0.372 e. The molecule has 26 heavy (non-hydrogen) atoms. The number of nitrogens with zero attached hydrogens (tertiary/aromatic N) is 2. The Kier molecular flexibility index (Phi) is 4.45. The minimum atomic E-state index is -0.155. The number of likely N-dealkylation sites (tertiary alicyclic amines) is 1. The average Bonchev–Trinajstić information content (AvgIpc) is 3.17. The van der Waals surface area contributed by atoms with E-state index in [4.69, 9.17) is 0 Å². The quantitative estimate of drug-likeness (QED) is 0.848. The van der Waals surface area contributed by atoms with E-state index in [1.165, 1.54) is 6.08 Å². The largest absolute Gasteiger partial charge is 0.372 e. The molecule has 4 rings (SSSR count). The molecule has 2 aliphatic heterocycles. The molecule has 1 saturated heterocycles. The van der Waals surface area contributed by atoms with Crippen LogP contribution in [0.5, 0.6) is 0 Å². The van der Waals surface area contributed by atoms with E-state index in [1.54, 1.807) is 6.08 Å². The monoisotopic (exact) mass is 351 g/mol. The highest BCUT2D eigenvalue weighted by Gasteiger charge is 2.28. The molecule has 1 aromatic rings. The van der Waals surface area contributed by atoms with Crippen LogP contribution in [0, 0.1) is 0 Å². The summed E-state index contributed by atoms with van der Waals surface area (Å²) in [7, 11) is 0. The molecule has 1 N–H and O–H groups in total. The molecule has 1 atom stereocenters. The summed E-state index contributed by atoms with van der Waals surface area (Å²) < 4.78 is 14.4. The highest BCUT2D eigenvalue weighted by atomic mass is 19.1. The van der Waals surface area contributed by atoms with Gasteiger partial charge in [0.05, 0.1) is 5.36 Å². The van der Waals surface area contributed by atoms with Crippen LogP contribution in [0.2, 0.25) is 0 Å². The average molecular weight is 351 g/mol. The zero-order chi connectivity index (χ0) is 18.1. The van der Waals surface area contributed by atoms with E-state index >= 15 is 0 Å². The van der Waals surface area contributed by atoms with Gasteiger partial charge in [0.1, 0.15) is 12.5 Å². The lowest BCUT2D eigenvalue weighted by Crippen LogP contribution is -2.38. The number of allylic oxidation sites excluding steroid dienone is 4. The van der Waals surface area contributed by atoms with Crippen molar-refractivity contribution in [3.63, 3.8) is 0 Å². The van der Waals surface area contributed by atoms with Crippen molar-refractivity contribution in [2.45, 2.75) is 25.2 Å². The molecule has 3 aliphatic rings. The lowest BCUT2D eigenvalue weighted by atomic mass is 9.90. The van der Waals surface area contributed by atoms with Gasteiger partial charge in [0.2, 0.25) is 5.91 Å². The van der Waals surface area contributed by atoms with Crippen LogP contribution in [-0.4, -0.2) is 30.6 Å². The number of carbonyl (C=O) groups is 1. The zero-order valence-corrected chi connectivity index (χ0v) is 14.7. The standard InChI is InChI=1S/C21H22FN3O/c1-2-20(26)25-8-7-14(12-25)18-10-15(17-5-3-4-6-19(17)22)9-16-11-23-13-24-21(16)18/h2,5-6,9-11,14,23H,1,3-4,7-8,12-13H2. The van der Waals surface area contributed by atoms with Crippen molar-refractivity contribution in [3.05, 3.63) is 64.5 Å². The molecular weight excluding hydrogens is 329 g/mol. The predicted octanol–water partition coefficient (Wildman–Crippen LogP) is 2.14. The number of nitrogens with one attached hydrogen (secondary N) is 1.